The van der Waals surface area contributed by atoms with Gasteiger partial charge in [0.05, 0.1) is 11.2 Å². The molecular formula is C16H24BN3O2S. The first-order valence-corrected chi connectivity index (χ1v) is 7.99. The number of thiocarbonyl (C=S) groups is 1. The van der Waals surface area contributed by atoms with Crippen LogP contribution >= 0.6 is 12.2 Å². The molecule has 0 atom stereocenters. The molecule has 0 saturated carbocycles. The molecular weight excluding hydrogens is 309 g/mol. The Labute approximate surface area is 143 Å². The lowest BCUT2D eigenvalue weighted by Crippen LogP contribution is -2.41. The van der Waals surface area contributed by atoms with Crippen LogP contribution in [0, 0.1) is 0 Å². The van der Waals surface area contributed by atoms with Gasteiger partial charge in [-0.3, -0.25) is 0 Å². The van der Waals surface area contributed by atoms with Crippen molar-refractivity contribution in [2.45, 2.75) is 38.9 Å². The van der Waals surface area contributed by atoms with Crippen LogP contribution in [0.25, 0.3) is 6.08 Å². The second kappa shape index (κ2) is 6.61. The molecule has 1 heterocycles. The van der Waals surface area contributed by atoms with Crippen LogP contribution in [0.2, 0.25) is 0 Å². The smallest absolute Gasteiger partial charge is 0.400 e. The van der Waals surface area contributed by atoms with E-state index in [1.165, 1.54) is 0 Å². The summed E-state index contributed by atoms with van der Waals surface area (Å²) in [6.45, 7) is 8.40. The Hall–Kier alpha value is -1.41. The van der Waals surface area contributed by atoms with E-state index in [1.54, 1.807) is 0 Å². The van der Waals surface area contributed by atoms with Crippen molar-refractivity contribution in [3.05, 3.63) is 35.3 Å². The number of benzene rings is 1. The van der Waals surface area contributed by atoms with Crippen molar-refractivity contribution in [3.63, 3.8) is 0 Å². The molecule has 2 rings (SSSR count). The molecule has 1 aromatic rings. The summed E-state index contributed by atoms with van der Waals surface area (Å²) in [5.41, 5.74) is 13.3. The molecule has 1 saturated heterocycles. The van der Waals surface area contributed by atoms with Gasteiger partial charge >= 0.3 is 7.12 Å². The highest BCUT2D eigenvalue weighted by atomic mass is 32.1. The molecule has 5 N–H and O–H groups in total. The minimum atomic E-state index is -0.470. The van der Waals surface area contributed by atoms with Crippen molar-refractivity contribution in [3.8, 4) is 0 Å². The first-order chi connectivity index (χ1) is 10.7. The maximum Gasteiger partial charge on any atom is 0.491 e. The Kier molecular flexibility index (Phi) is 5.15. The molecule has 1 aliphatic rings. The highest BCUT2D eigenvalue weighted by Gasteiger charge is 2.52. The number of nitrogens with one attached hydrogen (secondary N) is 1. The standard InChI is InChI=1S/C16H24BN3O2S/c1-15(2)16(3,4)22-17(21-15)12(10-18)9-11-7-5-6-8-13(11)20-14(19)23/h5-9H,10,18H2,1-4H3,(H3,19,20,23). The van der Waals surface area contributed by atoms with E-state index in [1.807, 2.05) is 58.0 Å². The van der Waals surface area contributed by atoms with Gasteiger partial charge in [0.1, 0.15) is 0 Å². The number of hydrogen-bond donors (Lipinski definition) is 3. The third-order valence-corrected chi connectivity index (χ3v) is 4.45. The summed E-state index contributed by atoms with van der Waals surface area (Å²) in [5, 5.41) is 3.19. The van der Waals surface area contributed by atoms with Gasteiger partial charge < -0.3 is 26.1 Å². The Morgan fingerprint density at radius 1 is 1.22 bits per heavy atom. The largest absolute Gasteiger partial charge is 0.491 e. The topological polar surface area (TPSA) is 82.5 Å². The van der Waals surface area contributed by atoms with Crippen LogP contribution in [0.4, 0.5) is 5.69 Å². The monoisotopic (exact) mass is 333 g/mol. The van der Waals surface area contributed by atoms with Crippen molar-refractivity contribution in [1.29, 1.82) is 0 Å². The fourth-order valence-corrected chi connectivity index (χ4v) is 2.40. The van der Waals surface area contributed by atoms with Crippen molar-refractivity contribution in [1.82, 2.24) is 0 Å². The quantitative estimate of drug-likeness (QED) is 0.579. The van der Waals surface area contributed by atoms with Gasteiger partial charge in [-0.15, -0.1) is 0 Å². The molecule has 0 amide bonds. The molecule has 23 heavy (non-hydrogen) atoms. The molecule has 0 unspecified atom stereocenters. The van der Waals surface area contributed by atoms with Gasteiger partial charge in [-0.05, 0) is 57.0 Å². The summed E-state index contributed by atoms with van der Waals surface area (Å²) in [6, 6.07) is 7.72. The number of anilines is 1. The Balaban J connectivity index is 2.32. The molecule has 5 nitrogen and oxygen atoms in total. The van der Waals surface area contributed by atoms with Gasteiger partial charge in [0.15, 0.2) is 5.11 Å². The SMILES string of the molecule is CC1(C)OB(C(=Cc2ccccc2NC(N)=S)CN)OC1(C)C. The van der Waals surface area contributed by atoms with Crippen LogP contribution in [0.15, 0.2) is 29.7 Å². The second-order valence-electron chi connectivity index (χ2n) is 6.59. The summed E-state index contributed by atoms with van der Waals surface area (Å²) in [7, 11) is -0.470. The van der Waals surface area contributed by atoms with E-state index in [4.69, 9.17) is 33.0 Å². The third kappa shape index (κ3) is 3.92. The Morgan fingerprint density at radius 2 is 1.78 bits per heavy atom. The van der Waals surface area contributed by atoms with Crippen LogP contribution in [-0.2, 0) is 9.31 Å². The molecule has 0 spiro atoms. The van der Waals surface area contributed by atoms with E-state index in [0.717, 1.165) is 16.7 Å². The normalized spacial score (nSPS) is 19.7. The highest BCUT2D eigenvalue weighted by molar-refractivity contribution is 7.80. The fourth-order valence-electron chi connectivity index (χ4n) is 2.29. The second-order valence-corrected chi connectivity index (χ2v) is 7.03. The zero-order valence-electron chi connectivity index (χ0n) is 14.1. The van der Waals surface area contributed by atoms with E-state index in [2.05, 4.69) is 5.32 Å². The van der Waals surface area contributed by atoms with E-state index in [0.29, 0.717) is 6.54 Å². The van der Waals surface area contributed by atoms with Gasteiger partial charge in [0.2, 0.25) is 0 Å². The molecule has 1 fully saturated rings. The van der Waals surface area contributed by atoms with E-state index >= 15 is 0 Å². The summed E-state index contributed by atoms with van der Waals surface area (Å²) in [6.07, 6.45) is 1.96. The van der Waals surface area contributed by atoms with Crippen LogP contribution in [-0.4, -0.2) is 30.0 Å². The van der Waals surface area contributed by atoms with Gasteiger partial charge in [-0.2, -0.15) is 0 Å². The van der Waals surface area contributed by atoms with Gasteiger partial charge in [-0.25, -0.2) is 0 Å². The van der Waals surface area contributed by atoms with Crippen molar-refractivity contribution in [2.75, 3.05) is 11.9 Å². The first kappa shape index (κ1) is 17.9. The molecule has 0 aromatic heterocycles. The summed E-state index contributed by atoms with van der Waals surface area (Å²) in [5.74, 6) is 0. The minimum Gasteiger partial charge on any atom is -0.400 e. The van der Waals surface area contributed by atoms with E-state index in [9.17, 15) is 0 Å². The van der Waals surface area contributed by atoms with E-state index < -0.39 is 18.3 Å². The third-order valence-electron chi connectivity index (χ3n) is 4.35. The van der Waals surface area contributed by atoms with Crippen LogP contribution < -0.4 is 16.8 Å². The van der Waals surface area contributed by atoms with Crippen molar-refractivity contribution >= 4 is 36.2 Å². The first-order valence-electron chi connectivity index (χ1n) is 7.58. The zero-order chi connectivity index (χ0) is 17.3. The molecule has 124 valence electrons. The molecule has 1 aliphatic heterocycles. The Bertz CT molecular complexity index is 616. The minimum absolute atomic E-state index is 0.218. The number of hydrogen-bond acceptors (Lipinski definition) is 4. The zero-order valence-corrected chi connectivity index (χ0v) is 14.9. The molecule has 0 radical (unpaired) electrons. The maximum atomic E-state index is 6.07. The number of rotatable bonds is 4. The average Bonchev–Trinajstić information content (AvgIpc) is 2.65. The van der Waals surface area contributed by atoms with E-state index in [-0.39, 0.29) is 5.11 Å². The lowest BCUT2D eigenvalue weighted by molar-refractivity contribution is 0.00578. The molecule has 0 bridgehead atoms. The van der Waals surface area contributed by atoms with Crippen molar-refractivity contribution in [2.24, 2.45) is 11.5 Å². The van der Waals surface area contributed by atoms with Crippen molar-refractivity contribution < 1.29 is 9.31 Å². The van der Waals surface area contributed by atoms with Gasteiger partial charge in [0.25, 0.3) is 0 Å². The van der Waals surface area contributed by atoms with Crippen LogP contribution in [0.5, 0.6) is 0 Å². The lowest BCUT2D eigenvalue weighted by Gasteiger charge is -2.32. The summed E-state index contributed by atoms with van der Waals surface area (Å²) < 4.78 is 12.1. The van der Waals surface area contributed by atoms with Crippen LogP contribution in [0.1, 0.15) is 33.3 Å². The number of nitrogens with two attached hydrogens (primary N) is 2. The molecule has 1 aromatic carbocycles. The summed E-state index contributed by atoms with van der Waals surface area (Å²) >= 11 is 4.92. The molecule has 0 aliphatic carbocycles. The van der Waals surface area contributed by atoms with Crippen LogP contribution in [0.3, 0.4) is 0 Å². The predicted octanol–water partition coefficient (Wildman–Crippen LogP) is 2.32. The highest BCUT2D eigenvalue weighted by Crippen LogP contribution is 2.38. The Morgan fingerprint density at radius 3 is 2.30 bits per heavy atom. The maximum absolute atomic E-state index is 6.07. The van der Waals surface area contributed by atoms with Gasteiger partial charge in [-0.1, -0.05) is 24.3 Å². The predicted molar refractivity (Wildman–Crippen MR) is 100.0 cm³/mol. The fraction of sp³-hybridized carbons (Fsp3) is 0.438. The molecule has 7 heteroatoms. The average molecular weight is 333 g/mol. The lowest BCUT2D eigenvalue weighted by atomic mass is 9.77. The summed E-state index contributed by atoms with van der Waals surface area (Å²) in [4.78, 5) is 0. The van der Waals surface area contributed by atoms with Gasteiger partial charge in [0, 0.05) is 12.2 Å². The number of para-hydroxylation sites is 1.